The first-order valence-electron chi connectivity index (χ1n) is 5.14. The van der Waals surface area contributed by atoms with Crippen molar-refractivity contribution in [2.24, 2.45) is 16.0 Å². The summed E-state index contributed by atoms with van der Waals surface area (Å²) in [6, 6.07) is 5.63. The van der Waals surface area contributed by atoms with Gasteiger partial charge in [0.1, 0.15) is 6.61 Å². The maximum atomic E-state index is 6.02. The van der Waals surface area contributed by atoms with Crippen molar-refractivity contribution in [3.8, 4) is 0 Å². The van der Waals surface area contributed by atoms with Crippen LogP contribution in [0.4, 0.5) is 0 Å². The Balaban J connectivity index is 2.65. The second kappa shape index (κ2) is 6.75. The van der Waals surface area contributed by atoms with Gasteiger partial charge in [0.25, 0.3) is 5.96 Å². The molecule has 0 aliphatic carbocycles. The Kier molecular flexibility index (Phi) is 5.29. The van der Waals surface area contributed by atoms with E-state index in [4.69, 9.17) is 22.2 Å². The molecule has 0 bridgehead atoms. The van der Waals surface area contributed by atoms with E-state index in [1.54, 1.807) is 12.3 Å². The van der Waals surface area contributed by atoms with E-state index >= 15 is 0 Å². The zero-order valence-corrected chi connectivity index (χ0v) is 10.5. The van der Waals surface area contributed by atoms with Crippen LogP contribution >= 0.6 is 11.6 Å². The molecule has 1 aromatic carbocycles. The highest BCUT2D eigenvalue weighted by Crippen LogP contribution is 2.16. The lowest BCUT2D eigenvalue weighted by atomic mass is 10.1. The molecular formula is C11H15ClN4O. The van der Waals surface area contributed by atoms with Crippen molar-refractivity contribution < 1.29 is 4.84 Å². The van der Waals surface area contributed by atoms with Crippen molar-refractivity contribution in [1.29, 1.82) is 0 Å². The monoisotopic (exact) mass is 254 g/mol. The van der Waals surface area contributed by atoms with Gasteiger partial charge in [0.2, 0.25) is 0 Å². The summed E-state index contributed by atoms with van der Waals surface area (Å²) in [7, 11) is 0. The normalized spacial score (nSPS) is 11.8. The number of guanidine groups is 1. The predicted molar refractivity (Wildman–Crippen MR) is 70.2 cm³/mol. The van der Waals surface area contributed by atoms with Gasteiger partial charge < -0.3 is 10.6 Å². The number of benzene rings is 1. The molecule has 0 fully saturated rings. The van der Waals surface area contributed by atoms with Gasteiger partial charge in [-0.05, 0) is 30.6 Å². The standard InChI is InChI=1S/C11H15ClN4O/c1-3-17-16-11(13)15-14-7-9-8(2)5-4-6-10(9)12/h4-7H,3H2,1-2H3,(H3,13,15,16)/b14-7+. The average Bonchev–Trinajstić information content (AvgIpc) is 2.30. The van der Waals surface area contributed by atoms with Gasteiger partial charge in [-0.25, -0.2) is 5.43 Å². The Labute approximate surface area is 105 Å². The fraction of sp³-hybridized carbons (Fsp3) is 0.273. The second-order valence-corrected chi connectivity index (χ2v) is 3.64. The van der Waals surface area contributed by atoms with Crippen LogP contribution in [-0.2, 0) is 4.84 Å². The minimum atomic E-state index is 0.0906. The lowest BCUT2D eigenvalue weighted by Gasteiger charge is -2.02. The van der Waals surface area contributed by atoms with Gasteiger partial charge in [-0.15, -0.1) is 0 Å². The third kappa shape index (κ3) is 4.32. The van der Waals surface area contributed by atoms with E-state index in [9.17, 15) is 0 Å². The Morgan fingerprint density at radius 3 is 3.00 bits per heavy atom. The summed E-state index contributed by atoms with van der Waals surface area (Å²) in [5.74, 6) is 0.0906. The van der Waals surface area contributed by atoms with Gasteiger partial charge in [0.05, 0.1) is 6.21 Å². The molecule has 0 saturated heterocycles. The highest BCUT2D eigenvalue weighted by molar-refractivity contribution is 6.33. The Bertz CT molecular complexity index is 411. The zero-order valence-electron chi connectivity index (χ0n) is 9.77. The number of halogens is 1. The van der Waals surface area contributed by atoms with Crippen LogP contribution in [0.3, 0.4) is 0 Å². The number of oxime groups is 1. The van der Waals surface area contributed by atoms with E-state index in [0.717, 1.165) is 11.1 Å². The summed E-state index contributed by atoms with van der Waals surface area (Å²) in [5.41, 5.74) is 9.87. The lowest BCUT2D eigenvalue weighted by molar-refractivity contribution is 0.157. The Morgan fingerprint density at radius 1 is 1.59 bits per heavy atom. The number of hydrogen-bond acceptors (Lipinski definition) is 3. The number of aryl methyl sites for hydroxylation is 1. The first-order valence-corrected chi connectivity index (χ1v) is 5.52. The number of hydrazone groups is 1. The molecule has 0 saturated carbocycles. The molecule has 0 unspecified atom stereocenters. The lowest BCUT2D eigenvalue weighted by Crippen LogP contribution is -2.27. The van der Waals surface area contributed by atoms with Crippen LogP contribution in [0, 0.1) is 6.92 Å². The maximum absolute atomic E-state index is 6.02. The smallest absolute Gasteiger partial charge is 0.251 e. The highest BCUT2D eigenvalue weighted by atomic mass is 35.5. The van der Waals surface area contributed by atoms with Crippen molar-refractivity contribution in [3.05, 3.63) is 34.3 Å². The molecule has 0 amide bonds. The van der Waals surface area contributed by atoms with E-state index < -0.39 is 0 Å². The van der Waals surface area contributed by atoms with Crippen molar-refractivity contribution in [2.45, 2.75) is 13.8 Å². The van der Waals surface area contributed by atoms with Crippen LogP contribution in [0.15, 0.2) is 28.5 Å². The van der Waals surface area contributed by atoms with Crippen molar-refractivity contribution in [1.82, 2.24) is 5.43 Å². The third-order valence-electron chi connectivity index (χ3n) is 1.94. The van der Waals surface area contributed by atoms with Crippen LogP contribution in [0.2, 0.25) is 5.02 Å². The molecular weight excluding hydrogens is 240 g/mol. The highest BCUT2D eigenvalue weighted by Gasteiger charge is 1.99. The molecule has 3 N–H and O–H groups in total. The first kappa shape index (κ1) is 13.3. The van der Waals surface area contributed by atoms with Crippen LogP contribution in [0.25, 0.3) is 0 Å². The van der Waals surface area contributed by atoms with E-state index in [0.29, 0.717) is 11.6 Å². The van der Waals surface area contributed by atoms with Crippen molar-refractivity contribution >= 4 is 23.8 Å². The topological polar surface area (TPSA) is 72.0 Å². The molecule has 92 valence electrons. The van der Waals surface area contributed by atoms with Gasteiger partial charge in [-0.1, -0.05) is 23.7 Å². The van der Waals surface area contributed by atoms with E-state index in [2.05, 4.69) is 15.7 Å². The molecule has 0 heterocycles. The molecule has 0 aromatic heterocycles. The molecule has 0 atom stereocenters. The number of nitrogens with zero attached hydrogens (tertiary/aromatic N) is 2. The van der Waals surface area contributed by atoms with Gasteiger partial charge >= 0.3 is 0 Å². The van der Waals surface area contributed by atoms with Crippen molar-refractivity contribution in [2.75, 3.05) is 6.61 Å². The number of nitrogens with two attached hydrogens (primary N) is 1. The van der Waals surface area contributed by atoms with Crippen molar-refractivity contribution in [3.63, 3.8) is 0 Å². The third-order valence-corrected chi connectivity index (χ3v) is 2.27. The number of nitrogens with one attached hydrogen (secondary N) is 1. The predicted octanol–water partition coefficient (Wildman–Crippen LogP) is 1.84. The molecule has 0 aliphatic heterocycles. The van der Waals surface area contributed by atoms with E-state index in [-0.39, 0.29) is 5.96 Å². The molecule has 6 heteroatoms. The Hall–Kier alpha value is -1.75. The molecule has 0 radical (unpaired) electrons. The number of rotatable bonds is 4. The van der Waals surface area contributed by atoms with Crippen LogP contribution in [-0.4, -0.2) is 18.8 Å². The summed E-state index contributed by atoms with van der Waals surface area (Å²) in [4.78, 5) is 4.75. The summed E-state index contributed by atoms with van der Waals surface area (Å²) < 4.78 is 0. The number of hydrogen-bond donors (Lipinski definition) is 2. The van der Waals surface area contributed by atoms with Gasteiger partial charge in [-0.2, -0.15) is 5.10 Å². The molecule has 1 rings (SSSR count). The van der Waals surface area contributed by atoms with Gasteiger partial charge in [0.15, 0.2) is 0 Å². The van der Waals surface area contributed by atoms with Crippen LogP contribution in [0.1, 0.15) is 18.1 Å². The largest absolute Gasteiger partial charge is 0.393 e. The first-order chi connectivity index (χ1) is 8.15. The zero-order chi connectivity index (χ0) is 12.7. The fourth-order valence-electron chi connectivity index (χ4n) is 1.13. The fourth-order valence-corrected chi connectivity index (χ4v) is 1.40. The van der Waals surface area contributed by atoms with Gasteiger partial charge in [0, 0.05) is 10.6 Å². The second-order valence-electron chi connectivity index (χ2n) is 3.23. The molecule has 5 nitrogen and oxygen atoms in total. The van der Waals surface area contributed by atoms with Gasteiger partial charge in [-0.3, -0.25) is 0 Å². The van der Waals surface area contributed by atoms with Crippen LogP contribution < -0.4 is 11.2 Å². The maximum Gasteiger partial charge on any atom is 0.251 e. The molecule has 0 spiro atoms. The Morgan fingerprint density at radius 2 is 2.35 bits per heavy atom. The minimum absolute atomic E-state index is 0.0906. The average molecular weight is 255 g/mol. The quantitative estimate of drug-likeness (QED) is 0.489. The summed E-state index contributed by atoms with van der Waals surface area (Å²) in [5, 5.41) is 8.11. The van der Waals surface area contributed by atoms with E-state index in [1.165, 1.54) is 0 Å². The summed E-state index contributed by atoms with van der Waals surface area (Å²) in [6.45, 7) is 4.22. The summed E-state index contributed by atoms with van der Waals surface area (Å²) in [6.07, 6.45) is 1.59. The molecule has 0 aliphatic rings. The molecule has 17 heavy (non-hydrogen) atoms. The van der Waals surface area contributed by atoms with Crippen LogP contribution in [0.5, 0.6) is 0 Å². The minimum Gasteiger partial charge on any atom is -0.393 e. The van der Waals surface area contributed by atoms with E-state index in [1.807, 2.05) is 26.0 Å². The molecule has 1 aromatic rings. The SMILES string of the molecule is CCO/N=C(\N)N/N=C/c1c(C)cccc1Cl. The summed E-state index contributed by atoms with van der Waals surface area (Å²) >= 11 is 6.02.